The van der Waals surface area contributed by atoms with Crippen molar-refractivity contribution in [2.24, 2.45) is 0 Å². The van der Waals surface area contributed by atoms with E-state index in [0.717, 1.165) is 28.9 Å². The summed E-state index contributed by atoms with van der Waals surface area (Å²) in [7, 11) is 1.64. The van der Waals surface area contributed by atoms with Crippen LogP contribution < -0.4 is 10.1 Å². The van der Waals surface area contributed by atoms with Crippen molar-refractivity contribution in [2.75, 3.05) is 13.7 Å². The van der Waals surface area contributed by atoms with Gasteiger partial charge in [0.15, 0.2) is 0 Å². The zero-order valence-electron chi connectivity index (χ0n) is 14.9. The van der Waals surface area contributed by atoms with Crippen LogP contribution in [-0.2, 0) is 17.6 Å². The van der Waals surface area contributed by atoms with Gasteiger partial charge < -0.3 is 14.6 Å². The van der Waals surface area contributed by atoms with Crippen LogP contribution >= 0.6 is 0 Å². The Labute approximate surface area is 152 Å². The molecular weight excluding hydrogens is 330 g/mol. The molecule has 0 bridgehead atoms. The lowest BCUT2D eigenvalue weighted by Crippen LogP contribution is -2.27. The van der Waals surface area contributed by atoms with Gasteiger partial charge in [-0.3, -0.25) is 4.79 Å². The molecule has 0 fully saturated rings. The highest BCUT2D eigenvalue weighted by Crippen LogP contribution is 2.19. The van der Waals surface area contributed by atoms with Crippen LogP contribution in [0.5, 0.6) is 5.75 Å². The Kier molecular flexibility index (Phi) is 5.63. The number of hydrogen-bond donors (Lipinski definition) is 1. The van der Waals surface area contributed by atoms with E-state index in [-0.39, 0.29) is 12.3 Å². The molecule has 2 aromatic carbocycles. The van der Waals surface area contributed by atoms with Crippen LogP contribution in [0.1, 0.15) is 17.0 Å². The Hall–Kier alpha value is -3.15. The first kappa shape index (κ1) is 17.7. The molecule has 1 N–H and O–H groups in total. The summed E-state index contributed by atoms with van der Waals surface area (Å²) in [5, 5.41) is 6.84. The van der Waals surface area contributed by atoms with Gasteiger partial charge in [0.2, 0.25) is 17.6 Å². The molecular formula is C20H21N3O3. The molecule has 6 heteroatoms. The Morgan fingerprint density at radius 2 is 2.04 bits per heavy atom. The number of carbonyl (C=O) groups is 1. The molecule has 26 heavy (non-hydrogen) atoms. The molecule has 0 aliphatic heterocycles. The van der Waals surface area contributed by atoms with E-state index in [9.17, 15) is 4.79 Å². The van der Waals surface area contributed by atoms with Crippen molar-refractivity contribution in [3.8, 4) is 17.1 Å². The van der Waals surface area contributed by atoms with Crippen LogP contribution in [0, 0.1) is 6.92 Å². The SMILES string of the molecule is COc1cccc(CCNC(=O)Cc2nc(-c3ccccc3C)no2)c1. The van der Waals surface area contributed by atoms with Crippen molar-refractivity contribution in [1.82, 2.24) is 15.5 Å². The maximum absolute atomic E-state index is 12.1. The van der Waals surface area contributed by atoms with E-state index < -0.39 is 0 Å². The first-order valence-corrected chi connectivity index (χ1v) is 8.44. The smallest absolute Gasteiger partial charge is 0.236 e. The summed E-state index contributed by atoms with van der Waals surface area (Å²) in [6, 6.07) is 15.6. The van der Waals surface area contributed by atoms with Crippen molar-refractivity contribution in [1.29, 1.82) is 0 Å². The maximum atomic E-state index is 12.1. The summed E-state index contributed by atoms with van der Waals surface area (Å²) in [4.78, 5) is 16.4. The second-order valence-corrected chi connectivity index (χ2v) is 5.95. The average molecular weight is 351 g/mol. The predicted octanol–water partition coefficient (Wildman–Crippen LogP) is 2.96. The fourth-order valence-corrected chi connectivity index (χ4v) is 2.63. The van der Waals surface area contributed by atoms with Gasteiger partial charge in [-0.2, -0.15) is 4.98 Å². The molecule has 0 unspecified atom stereocenters. The number of carbonyl (C=O) groups excluding carboxylic acids is 1. The minimum atomic E-state index is -0.145. The largest absolute Gasteiger partial charge is 0.497 e. The standard InChI is InChI=1S/C20H21N3O3/c1-14-6-3-4-9-17(14)20-22-19(26-23-20)13-18(24)21-11-10-15-7-5-8-16(12-15)25-2/h3-9,12H,10-11,13H2,1-2H3,(H,21,24). The number of ether oxygens (including phenoxy) is 1. The first-order chi connectivity index (χ1) is 12.7. The first-order valence-electron chi connectivity index (χ1n) is 8.44. The van der Waals surface area contributed by atoms with Gasteiger partial charge in [0, 0.05) is 12.1 Å². The summed E-state index contributed by atoms with van der Waals surface area (Å²) >= 11 is 0. The average Bonchev–Trinajstić information content (AvgIpc) is 3.10. The number of benzene rings is 2. The van der Waals surface area contributed by atoms with Crippen LogP contribution in [0.4, 0.5) is 0 Å². The van der Waals surface area contributed by atoms with Gasteiger partial charge in [-0.25, -0.2) is 0 Å². The molecule has 1 aromatic heterocycles. The summed E-state index contributed by atoms with van der Waals surface area (Å²) in [5.41, 5.74) is 3.06. The number of rotatable bonds is 7. The van der Waals surface area contributed by atoms with Crippen LogP contribution in [0.2, 0.25) is 0 Å². The van der Waals surface area contributed by atoms with E-state index in [4.69, 9.17) is 9.26 Å². The molecule has 3 rings (SSSR count). The second-order valence-electron chi connectivity index (χ2n) is 5.95. The molecule has 0 spiro atoms. The number of amides is 1. The molecule has 0 radical (unpaired) electrons. The zero-order valence-corrected chi connectivity index (χ0v) is 14.9. The number of aromatic nitrogens is 2. The normalized spacial score (nSPS) is 10.5. The van der Waals surface area contributed by atoms with Gasteiger partial charge in [-0.15, -0.1) is 0 Å². The third kappa shape index (κ3) is 4.47. The van der Waals surface area contributed by atoms with Crippen molar-refractivity contribution < 1.29 is 14.1 Å². The second kappa shape index (κ2) is 8.29. The summed E-state index contributed by atoms with van der Waals surface area (Å²) < 4.78 is 10.4. The number of aryl methyl sites for hydroxylation is 1. The molecule has 0 saturated heterocycles. The number of methoxy groups -OCH3 is 1. The fraction of sp³-hybridized carbons (Fsp3) is 0.250. The van der Waals surface area contributed by atoms with E-state index in [1.54, 1.807) is 7.11 Å². The van der Waals surface area contributed by atoms with Crippen LogP contribution in [-0.4, -0.2) is 29.7 Å². The van der Waals surface area contributed by atoms with Crippen LogP contribution in [0.25, 0.3) is 11.4 Å². The zero-order chi connectivity index (χ0) is 18.4. The Bertz CT molecular complexity index is 889. The third-order valence-electron chi connectivity index (χ3n) is 4.04. The van der Waals surface area contributed by atoms with Gasteiger partial charge in [0.1, 0.15) is 12.2 Å². The van der Waals surface area contributed by atoms with Crippen molar-refractivity contribution in [3.63, 3.8) is 0 Å². The minimum absolute atomic E-state index is 0.0665. The number of nitrogens with one attached hydrogen (secondary N) is 1. The highest BCUT2D eigenvalue weighted by atomic mass is 16.5. The van der Waals surface area contributed by atoms with E-state index in [1.165, 1.54) is 0 Å². The Balaban J connectivity index is 1.52. The molecule has 0 saturated carbocycles. The lowest BCUT2D eigenvalue weighted by molar-refractivity contribution is -0.120. The number of hydrogen-bond acceptors (Lipinski definition) is 5. The van der Waals surface area contributed by atoms with E-state index in [2.05, 4.69) is 15.5 Å². The van der Waals surface area contributed by atoms with Gasteiger partial charge in [-0.1, -0.05) is 41.6 Å². The molecule has 134 valence electrons. The maximum Gasteiger partial charge on any atom is 0.236 e. The third-order valence-corrected chi connectivity index (χ3v) is 4.04. The molecule has 0 aliphatic carbocycles. The minimum Gasteiger partial charge on any atom is -0.497 e. The quantitative estimate of drug-likeness (QED) is 0.708. The van der Waals surface area contributed by atoms with Gasteiger partial charge in [0.05, 0.1) is 7.11 Å². The van der Waals surface area contributed by atoms with E-state index in [1.807, 2.05) is 55.5 Å². The van der Waals surface area contributed by atoms with E-state index in [0.29, 0.717) is 18.3 Å². The molecule has 1 heterocycles. The van der Waals surface area contributed by atoms with Crippen molar-refractivity contribution in [3.05, 3.63) is 65.5 Å². The Morgan fingerprint density at radius 1 is 1.19 bits per heavy atom. The summed E-state index contributed by atoms with van der Waals surface area (Å²) in [6.45, 7) is 2.52. The van der Waals surface area contributed by atoms with Gasteiger partial charge in [-0.05, 0) is 36.6 Å². The van der Waals surface area contributed by atoms with Crippen LogP contribution in [0.15, 0.2) is 53.1 Å². The number of nitrogens with zero attached hydrogens (tertiary/aromatic N) is 2. The molecule has 3 aromatic rings. The van der Waals surface area contributed by atoms with Gasteiger partial charge in [0.25, 0.3) is 0 Å². The molecule has 0 aliphatic rings. The highest BCUT2D eigenvalue weighted by molar-refractivity contribution is 5.77. The summed E-state index contributed by atoms with van der Waals surface area (Å²) in [5.74, 6) is 1.47. The van der Waals surface area contributed by atoms with Crippen molar-refractivity contribution >= 4 is 5.91 Å². The fourth-order valence-electron chi connectivity index (χ4n) is 2.63. The monoisotopic (exact) mass is 351 g/mol. The van der Waals surface area contributed by atoms with Crippen LogP contribution in [0.3, 0.4) is 0 Å². The molecule has 6 nitrogen and oxygen atoms in total. The predicted molar refractivity (Wildman–Crippen MR) is 97.9 cm³/mol. The summed E-state index contributed by atoms with van der Waals surface area (Å²) in [6.07, 6.45) is 0.790. The molecule has 1 amide bonds. The highest BCUT2D eigenvalue weighted by Gasteiger charge is 2.13. The van der Waals surface area contributed by atoms with Crippen molar-refractivity contribution in [2.45, 2.75) is 19.8 Å². The lowest BCUT2D eigenvalue weighted by Gasteiger charge is -2.05. The topological polar surface area (TPSA) is 77.2 Å². The lowest BCUT2D eigenvalue weighted by atomic mass is 10.1. The Morgan fingerprint density at radius 3 is 2.85 bits per heavy atom. The van der Waals surface area contributed by atoms with E-state index >= 15 is 0 Å². The molecule has 0 atom stereocenters. The van der Waals surface area contributed by atoms with Gasteiger partial charge >= 0.3 is 0 Å².